The third kappa shape index (κ3) is 3.09. The molecule has 2 heterocycles. The molecule has 0 aliphatic carbocycles. The second kappa shape index (κ2) is 5.36. The summed E-state index contributed by atoms with van der Waals surface area (Å²) in [6.07, 6.45) is 4.79. The highest BCUT2D eigenvalue weighted by Crippen LogP contribution is 2.09. The SMILES string of the molecule is O=C(Cn1cc(Cl)ccc1=O)N1CCCCC1. The lowest BCUT2D eigenvalue weighted by molar-refractivity contribution is -0.132. The van der Waals surface area contributed by atoms with Crippen LogP contribution in [0.2, 0.25) is 5.02 Å². The second-order valence-electron chi connectivity index (χ2n) is 4.25. The quantitative estimate of drug-likeness (QED) is 0.803. The van der Waals surface area contributed by atoms with Crippen molar-refractivity contribution in [3.8, 4) is 0 Å². The smallest absolute Gasteiger partial charge is 0.251 e. The summed E-state index contributed by atoms with van der Waals surface area (Å²) in [4.78, 5) is 25.3. The number of nitrogens with zero attached hydrogens (tertiary/aromatic N) is 2. The van der Waals surface area contributed by atoms with Crippen LogP contribution in [0.4, 0.5) is 0 Å². The fourth-order valence-electron chi connectivity index (χ4n) is 2.01. The van der Waals surface area contributed by atoms with Gasteiger partial charge in [-0.15, -0.1) is 0 Å². The van der Waals surface area contributed by atoms with Crippen molar-refractivity contribution in [2.24, 2.45) is 0 Å². The van der Waals surface area contributed by atoms with Crippen LogP contribution in [0.15, 0.2) is 23.1 Å². The van der Waals surface area contributed by atoms with Crippen molar-refractivity contribution in [3.63, 3.8) is 0 Å². The van der Waals surface area contributed by atoms with Gasteiger partial charge in [-0.1, -0.05) is 11.6 Å². The molecular formula is C12H15ClN2O2. The lowest BCUT2D eigenvalue weighted by Crippen LogP contribution is -2.39. The summed E-state index contributed by atoms with van der Waals surface area (Å²) in [5, 5.41) is 0.469. The summed E-state index contributed by atoms with van der Waals surface area (Å²) in [6.45, 7) is 1.68. The van der Waals surface area contributed by atoms with Gasteiger partial charge in [0.2, 0.25) is 5.91 Å². The van der Waals surface area contributed by atoms with Crippen LogP contribution in [0.5, 0.6) is 0 Å². The fourth-order valence-corrected chi connectivity index (χ4v) is 2.20. The first-order chi connectivity index (χ1) is 8.16. The first-order valence-electron chi connectivity index (χ1n) is 5.80. The summed E-state index contributed by atoms with van der Waals surface area (Å²) < 4.78 is 1.36. The third-order valence-electron chi connectivity index (χ3n) is 2.96. The topological polar surface area (TPSA) is 42.3 Å². The van der Waals surface area contributed by atoms with Gasteiger partial charge in [0.25, 0.3) is 5.56 Å². The number of carbonyl (C=O) groups is 1. The third-order valence-corrected chi connectivity index (χ3v) is 3.19. The van der Waals surface area contributed by atoms with Crippen LogP contribution in [0, 0.1) is 0 Å². The maximum absolute atomic E-state index is 12.0. The molecule has 0 atom stereocenters. The van der Waals surface area contributed by atoms with E-state index in [-0.39, 0.29) is 18.0 Å². The van der Waals surface area contributed by atoms with Gasteiger partial charge in [0.05, 0.1) is 5.02 Å². The van der Waals surface area contributed by atoms with Gasteiger partial charge < -0.3 is 9.47 Å². The lowest BCUT2D eigenvalue weighted by atomic mass is 10.1. The van der Waals surface area contributed by atoms with E-state index >= 15 is 0 Å². The standard InChI is InChI=1S/C12H15ClN2O2/c13-10-4-5-11(16)15(8-10)9-12(17)14-6-2-1-3-7-14/h4-5,8H,1-3,6-7,9H2. The number of carbonyl (C=O) groups excluding carboxylic acids is 1. The number of pyridine rings is 1. The van der Waals surface area contributed by atoms with Crippen LogP contribution < -0.4 is 5.56 Å². The van der Waals surface area contributed by atoms with E-state index in [1.54, 1.807) is 0 Å². The highest BCUT2D eigenvalue weighted by Gasteiger charge is 2.16. The molecule has 0 bridgehead atoms. The molecule has 5 heteroatoms. The molecule has 1 aliphatic rings. The van der Waals surface area contributed by atoms with Crippen LogP contribution >= 0.6 is 11.6 Å². The Kier molecular flexibility index (Phi) is 3.84. The summed E-state index contributed by atoms with van der Waals surface area (Å²) in [5.41, 5.74) is -0.195. The molecule has 0 N–H and O–H groups in total. The zero-order valence-electron chi connectivity index (χ0n) is 9.56. The van der Waals surface area contributed by atoms with Gasteiger partial charge in [-0.25, -0.2) is 0 Å². The van der Waals surface area contributed by atoms with Crippen molar-refractivity contribution >= 4 is 17.5 Å². The Hall–Kier alpha value is -1.29. The normalized spacial score (nSPS) is 15.9. The monoisotopic (exact) mass is 254 g/mol. The Morgan fingerprint density at radius 2 is 1.94 bits per heavy atom. The average Bonchev–Trinajstić information content (AvgIpc) is 2.35. The summed E-state index contributed by atoms with van der Waals surface area (Å²) in [6, 6.07) is 2.91. The van der Waals surface area contributed by atoms with Crippen molar-refractivity contribution in [3.05, 3.63) is 33.7 Å². The Balaban J connectivity index is 2.07. The molecule has 0 saturated carbocycles. The van der Waals surface area contributed by atoms with E-state index in [9.17, 15) is 9.59 Å². The number of aromatic nitrogens is 1. The van der Waals surface area contributed by atoms with Crippen molar-refractivity contribution in [2.45, 2.75) is 25.8 Å². The molecule has 0 spiro atoms. The van der Waals surface area contributed by atoms with E-state index in [0.717, 1.165) is 25.9 Å². The van der Waals surface area contributed by atoms with E-state index in [0.29, 0.717) is 5.02 Å². The molecule has 4 nitrogen and oxygen atoms in total. The summed E-state index contributed by atoms with van der Waals surface area (Å²) >= 11 is 5.80. The predicted molar refractivity (Wildman–Crippen MR) is 66.1 cm³/mol. The molecule has 0 aromatic carbocycles. The zero-order valence-corrected chi connectivity index (χ0v) is 10.3. The number of halogens is 1. The van der Waals surface area contributed by atoms with Crippen LogP contribution in [-0.4, -0.2) is 28.5 Å². The van der Waals surface area contributed by atoms with Crippen LogP contribution in [0.1, 0.15) is 19.3 Å². The van der Waals surface area contributed by atoms with Crippen molar-refractivity contribution in [2.75, 3.05) is 13.1 Å². The predicted octanol–water partition coefficient (Wildman–Crippen LogP) is 1.51. The molecule has 1 aliphatic heterocycles. The number of likely N-dealkylation sites (tertiary alicyclic amines) is 1. The molecule has 0 radical (unpaired) electrons. The number of piperidine rings is 1. The van der Waals surface area contributed by atoms with E-state index in [4.69, 9.17) is 11.6 Å². The van der Waals surface area contributed by atoms with E-state index in [1.807, 2.05) is 4.90 Å². The van der Waals surface area contributed by atoms with Gasteiger partial charge in [0.15, 0.2) is 0 Å². The minimum atomic E-state index is -0.195. The minimum Gasteiger partial charge on any atom is -0.341 e. The van der Waals surface area contributed by atoms with E-state index in [1.165, 1.54) is 29.3 Å². The van der Waals surface area contributed by atoms with Gasteiger partial charge in [-0.2, -0.15) is 0 Å². The fraction of sp³-hybridized carbons (Fsp3) is 0.500. The molecule has 1 aromatic heterocycles. The number of rotatable bonds is 2. The first kappa shape index (κ1) is 12.2. The maximum atomic E-state index is 12.0. The minimum absolute atomic E-state index is 0.00549. The highest BCUT2D eigenvalue weighted by molar-refractivity contribution is 6.30. The Morgan fingerprint density at radius 1 is 1.24 bits per heavy atom. The lowest BCUT2D eigenvalue weighted by Gasteiger charge is -2.26. The number of hydrogen-bond acceptors (Lipinski definition) is 2. The van der Waals surface area contributed by atoms with Gasteiger partial charge in [-0.3, -0.25) is 9.59 Å². The molecule has 1 amide bonds. The molecule has 92 valence electrons. The molecule has 1 fully saturated rings. The molecule has 17 heavy (non-hydrogen) atoms. The van der Waals surface area contributed by atoms with Crippen molar-refractivity contribution in [1.29, 1.82) is 0 Å². The maximum Gasteiger partial charge on any atom is 0.251 e. The first-order valence-corrected chi connectivity index (χ1v) is 6.18. The van der Waals surface area contributed by atoms with Crippen LogP contribution in [0.3, 0.4) is 0 Å². The molecule has 2 rings (SSSR count). The van der Waals surface area contributed by atoms with Gasteiger partial charge in [-0.05, 0) is 25.3 Å². The largest absolute Gasteiger partial charge is 0.341 e. The Labute approximate surface area is 105 Å². The summed E-state index contributed by atoms with van der Waals surface area (Å²) in [7, 11) is 0. The second-order valence-corrected chi connectivity index (χ2v) is 4.69. The van der Waals surface area contributed by atoms with E-state index < -0.39 is 0 Å². The van der Waals surface area contributed by atoms with E-state index in [2.05, 4.69) is 0 Å². The highest BCUT2D eigenvalue weighted by atomic mass is 35.5. The Bertz CT molecular complexity index is 464. The van der Waals surface area contributed by atoms with Crippen LogP contribution in [0.25, 0.3) is 0 Å². The number of amides is 1. The van der Waals surface area contributed by atoms with Crippen LogP contribution in [-0.2, 0) is 11.3 Å². The summed E-state index contributed by atoms with van der Waals surface area (Å²) in [5.74, 6) is -0.00549. The van der Waals surface area contributed by atoms with Crippen molar-refractivity contribution < 1.29 is 4.79 Å². The van der Waals surface area contributed by atoms with Gasteiger partial charge in [0, 0.05) is 25.4 Å². The van der Waals surface area contributed by atoms with Crippen molar-refractivity contribution in [1.82, 2.24) is 9.47 Å². The molecule has 1 aromatic rings. The van der Waals surface area contributed by atoms with Gasteiger partial charge >= 0.3 is 0 Å². The Morgan fingerprint density at radius 3 is 2.65 bits per heavy atom. The number of hydrogen-bond donors (Lipinski definition) is 0. The zero-order chi connectivity index (χ0) is 12.3. The molecule has 0 unspecified atom stereocenters. The molecule has 1 saturated heterocycles. The van der Waals surface area contributed by atoms with Gasteiger partial charge in [0.1, 0.15) is 6.54 Å². The average molecular weight is 255 g/mol. The molecular weight excluding hydrogens is 240 g/mol.